The largest absolute Gasteiger partial charge is 0.462 e. The van der Waals surface area contributed by atoms with Crippen molar-refractivity contribution in [2.75, 3.05) is 13.2 Å². The highest BCUT2D eigenvalue weighted by Crippen LogP contribution is 2.16. The SMILES string of the molecule is CC\C=C/C=C\C=C/C=C\C=C\C=C/C=C\CCCCCC(=O)OCC(COC(=O)CCCCCCCCCCCCCCCCCCC)OC(=O)CCCCCCCCC/C=C\C/C=C\CCCCC. The van der Waals surface area contributed by atoms with Gasteiger partial charge in [-0.25, -0.2) is 0 Å². The van der Waals surface area contributed by atoms with Gasteiger partial charge < -0.3 is 14.2 Å². The molecule has 0 aliphatic heterocycles. The molecule has 71 heavy (non-hydrogen) atoms. The summed E-state index contributed by atoms with van der Waals surface area (Å²) < 4.78 is 16.9. The van der Waals surface area contributed by atoms with Gasteiger partial charge in [0.1, 0.15) is 13.2 Å². The van der Waals surface area contributed by atoms with E-state index in [1.165, 1.54) is 141 Å². The third kappa shape index (κ3) is 56.9. The molecule has 0 bridgehead atoms. The minimum Gasteiger partial charge on any atom is -0.462 e. The van der Waals surface area contributed by atoms with E-state index < -0.39 is 6.10 Å². The minimum absolute atomic E-state index is 0.0956. The van der Waals surface area contributed by atoms with Crippen LogP contribution in [0.15, 0.2) is 109 Å². The van der Waals surface area contributed by atoms with Crippen LogP contribution >= 0.6 is 0 Å². The maximum atomic E-state index is 12.9. The molecule has 0 saturated heterocycles. The molecule has 404 valence electrons. The van der Waals surface area contributed by atoms with Crippen molar-refractivity contribution < 1.29 is 28.6 Å². The Kier molecular flexibility index (Phi) is 55.4. The van der Waals surface area contributed by atoms with Crippen LogP contribution in [0.1, 0.15) is 265 Å². The lowest BCUT2D eigenvalue weighted by Crippen LogP contribution is -2.30. The number of ether oxygens (including phenoxy) is 3. The summed E-state index contributed by atoms with van der Waals surface area (Å²) in [5.74, 6) is -0.945. The second-order valence-electron chi connectivity index (χ2n) is 19.4. The summed E-state index contributed by atoms with van der Waals surface area (Å²) in [5.41, 5.74) is 0. The van der Waals surface area contributed by atoms with E-state index in [-0.39, 0.29) is 31.1 Å². The lowest BCUT2D eigenvalue weighted by molar-refractivity contribution is -0.167. The van der Waals surface area contributed by atoms with Crippen LogP contribution < -0.4 is 0 Å². The average Bonchev–Trinajstić information content (AvgIpc) is 3.37. The van der Waals surface area contributed by atoms with Crippen LogP contribution in [0.25, 0.3) is 0 Å². The van der Waals surface area contributed by atoms with E-state index in [0.29, 0.717) is 19.3 Å². The third-order valence-corrected chi connectivity index (χ3v) is 12.5. The summed E-state index contributed by atoms with van der Waals surface area (Å²) in [5, 5.41) is 0. The van der Waals surface area contributed by atoms with Crippen molar-refractivity contribution in [3.63, 3.8) is 0 Å². The van der Waals surface area contributed by atoms with E-state index in [2.05, 4.69) is 57.2 Å². The number of allylic oxidation sites excluding steroid dienone is 18. The molecular weight excluding hydrogens is 877 g/mol. The van der Waals surface area contributed by atoms with E-state index in [9.17, 15) is 14.4 Å². The lowest BCUT2D eigenvalue weighted by atomic mass is 10.0. The van der Waals surface area contributed by atoms with Crippen molar-refractivity contribution in [1.82, 2.24) is 0 Å². The Morgan fingerprint density at radius 1 is 0.310 bits per heavy atom. The molecule has 0 aliphatic rings. The summed E-state index contributed by atoms with van der Waals surface area (Å²) in [4.78, 5) is 38.2. The fourth-order valence-electron chi connectivity index (χ4n) is 8.04. The van der Waals surface area contributed by atoms with Crippen molar-refractivity contribution in [1.29, 1.82) is 0 Å². The summed E-state index contributed by atoms with van der Waals surface area (Å²) in [6.45, 7) is 6.44. The molecule has 0 aliphatic carbocycles. The van der Waals surface area contributed by atoms with Crippen LogP contribution in [-0.2, 0) is 28.6 Å². The van der Waals surface area contributed by atoms with Gasteiger partial charge in [0, 0.05) is 19.3 Å². The Morgan fingerprint density at radius 3 is 1.01 bits per heavy atom. The van der Waals surface area contributed by atoms with Gasteiger partial charge in [-0.2, -0.15) is 0 Å². The van der Waals surface area contributed by atoms with Crippen LogP contribution in [0.4, 0.5) is 0 Å². The molecule has 0 rings (SSSR count). The second kappa shape index (κ2) is 58.6. The normalized spacial score (nSPS) is 12.9. The highest BCUT2D eigenvalue weighted by atomic mass is 16.6. The molecule has 0 amide bonds. The highest BCUT2D eigenvalue weighted by molar-refractivity contribution is 5.71. The number of carbonyl (C=O) groups is 3. The zero-order valence-corrected chi connectivity index (χ0v) is 46.2. The fraction of sp³-hybridized carbons (Fsp3) is 0.677. The first-order chi connectivity index (χ1) is 35.0. The first kappa shape index (κ1) is 67.1. The van der Waals surface area contributed by atoms with E-state index in [4.69, 9.17) is 14.2 Å². The molecule has 0 saturated carbocycles. The Hall–Kier alpha value is -3.93. The van der Waals surface area contributed by atoms with E-state index in [1.54, 1.807) is 0 Å². The predicted molar refractivity (Wildman–Crippen MR) is 307 cm³/mol. The van der Waals surface area contributed by atoms with Crippen LogP contribution in [0.2, 0.25) is 0 Å². The molecule has 1 unspecified atom stereocenters. The van der Waals surface area contributed by atoms with Gasteiger partial charge in [0.2, 0.25) is 0 Å². The number of hydrogen-bond donors (Lipinski definition) is 0. The highest BCUT2D eigenvalue weighted by Gasteiger charge is 2.19. The quantitative estimate of drug-likeness (QED) is 0.0199. The molecule has 6 heteroatoms. The smallest absolute Gasteiger partial charge is 0.306 e. The zero-order valence-electron chi connectivity index (χ0n) is 46.2. The number of esters is 3. The lowest BCUT2D eigenvalue weighted by Gasteiger charge is -2.18. The summed E-state index contributed by atoms with van der Waals surface area (Å²) >= 11 is 0. The average molecular weight is 986 g/mol. The van der Waals surface area contributed by atoms with E-state index in [0.717, 1.165) is 83.5 Å². The number of unbranched alkanes of at least 4 members (excludes halogenated alkanes) is 29. The molecule has 1 atom stereocenters. The van der Waals surface area contributed by atoms with Gasteiger partial charge in [0.25, 0.3) is 0 Å². The fourth-order valence-corrected chi connectivity index (χ4v) is 8.04. The zero-order chi connectivity index (χ0) is 51.4. The molecule has 0 aromatic rings. The predicted octanol–water partition coefficient (Wildman–Crippen LogP) is 19.9. The molecule has 0 aromatic carbocycles. The maximum absolute atomic E-state index is 12.9. The molecule has 0 spiro atoms. The van der Waals surface area contributed by atoms with Crippen molar-refractivity contribution in [2.45, 2.75) is 271 Å². The van der Waals surface area contributed by atoms with E-state index >= 15 is 0 Å². The van der Waals surface area contributed by atoms with Gasteiger partial charge in [0.05, 0.1) is 0 Å². The van der Waals surface area contributed by atoms with Gasteiger partial charge in [-0.3, -0.25) is 14.4 Å². The van der Waals surface area contributed by atoms with Crippen LogP contribution in [0, 0.1) is 0 Å². The van der Waals surface area contributed by atoms with Crippen molar-refractivity contribution in [3.05, 3.63) is 109 Å². The van der Waals surface area contributed by atoms with Gasteiger partial charge in [-0.1, -0.05) is 284 Å². The van der Waals surface area contributed by atoms with Gasteiger partial charge in [-0.15, -0.1) is 0 Å². The van der Waals surface area contributed by atoms with Crippen LogP contribution in [0.5, 0.6) is 0 Å². The van der Waals surface area contributed by atoms with Crippen molar-refractivity contribution in [3.8, 4) is 0 Å². The van der Waals surface area contributed by atoms with Crippen LogP contribution in [-0.4, -0.2) is 37.2 Å². The van der Waals surface area contributed by atoms with E-state index in [1.807, 2.05) is 72.9 Å². The number of carbonyl (C=O) groups excluding carboxylic acids is 3. The van der Waals surface area contributed by atoms with Crippen LogP contribution in [0.3, 0.4) is 0 Å². The standard InChI is InChI=1S/C65H108O6/c1-4-7-10-13-16-19-22-25-28-31-32-35-37-40-43-46-49-52-55-58-64(67)70-61-62(71-65(68)59-56-53-50-47-44-41-38-34-30-27-24-21-18-15-12-9-6-3)60-69-63(66)57-54-51-48-45-42-39-36-33-29-26-23-20-17-14-11-8-5-2/h7,10,13,16,18-19,21-22,25,27-28,30-32,35,37,40,43,62H,4-6,8-9,11-12,14-15,17,20,23-24,26,29,33-34,36,38-39,41-42,44-61H2,1-3H3/b10-7-,16-13-,21-18-,22-19-,28-25-,30-27-,32-31+,37-35-,43-40-. The minimum atomic E-state index is -0.803. The topological polar surface area (TPSA) is 78.9 Å². The van der Waals surface area contributed by atoms with Crippen molar-refractivity contribution >= 4 is 17.9 Å². The Bertz CT molecular complexity index is 1460. The molecule has 0 aromatic heterocycles. The van der Waals surface area contributed by atoms with Gasteiger partial charge in [0.15, 0.2) is 6.10 Å². The third-order valence-electron chi connectivity index (χ3n) is 12.5. The van der Waals surface area contributed by atoms with Crippen molar-refractivity contribution in [2.24, 2.45) is 0 Å². The summed E-state index contributed by atoms with van der Waals surface area (Å²) in [6, 6.07) is 0. The first-order valence-corrected chi connectivity index (χ1v) is 29.5. The summed E-state index contributed by atoms with van der Waals surface area (Å²) in [6.07, 6.45) is 79.3. The first-order valence-electron chi connectivity index (χ1n) is 29.5. The Morgan fingerprint density at radius 2 is 0.606 bits per heavy atom. The summed E-state index contributed by atoms with van der Waals surface area (Å²) in [7, 11) is 0. The molecule has 0 N–H and O–H groups in total. The molecule has 0 fully saturated rings. The maximum Gasteiger partial charge on any atom is 0.306 e. The molecule has 0 heterocycles. The molecular formula is C65H108O6. The monoisotopic (exact) mass is 985 g/mol. The number of rotatable bonds is 52. The molecule has 0 radical (unpaired) electrons. The Labute approximate surface area is 438 Å². The second-order valence-corrected chi connectivity index (χ2v) is 19.4. The van der Waals surface area contributed by atoms with Gasteiger partial charge in [-0.05, 0) is 70.6 Å². The Balaban J connectivity index is 4.50. The molecule has 6 nitrogen and oxygen atoms in total. The number of hydrogen-bond acceptors (Lipinski definition) is 6. The van der Waals surface area contributed by atoms with Gasteiger partial charge >= 0.3 is 17.9 Å².